The summed E-state index contributed by atoms with van der Waals surface area (Å²) in [5, 5.41) is 5.68. The summed E-state index contributed by atoms with van der Waals surface area (Å²) < 4.78 is 7.75. The van der Waals surface area contributed by atoms with E-state index in [1.54, 1.807) is 0 Å². The summed E-state index contributed by atoms with van der Waals surface area (Å²) >= 11 is 10.2. The Morgan fingerprint density at radius 1 is 1.28 bits per heavy atom. The van der Waals surface area contributed by atoms with Gasteiger partial charge in [-0.15, -0.1) is 0 Å². The van der Waals surface area contributed by atoms with Crippen molar-refractivity contribution in [2.75, 3.05) is 18.5 Å². The molecule has 1 fully saturated rings. The van der Waals surface area contributed by atoms with Crippen molar-refractivity contribution < 1.29 is 9.53 Å². The highest BCUT2D eigenvalue weighted by molar-refractivity contribution is 9.11. The van der Waals surface area contributed by atoms with Crippen LogP contribution in [0.2, 0.25) is 0 Å². The van der Waals surface area contributed by atoms with Gasteiger partial charge in [-0.2, -0.15) is 0 Å². The van der Waals surface area contributed by atoms with Crippen LogP contribution in [0.25, 0.3) is 0 Å². The third kappa shape index (κ3) is 3.69. The van der Waals surface area contributed by atoms with Crippen molar-refractivity contribution in [3.63, 3.8) is 0 Å². The molecule has 0 radical (unpaired) electrons. The molecule has 0 aliphatic carbocycles. The van der Waals surface area contributed by atoms with Crippen LogP contribution >= 0.6 is 47.8 Å². The van der Waals surface area contributed by atoms with Crippen LogP contribution in [0, 0.1) is 0 Å². The van der Waals surface area contributed by atoms with E-state index in [1.165, 1.54) is 0 Å². The molecule has 1 aliphatic heterocycles. The van der Waals surface area contributed by atoms with E-state index >= 15 is 0 Å². The van der Waals surface area contributed by atoms with Gasteiger partial charge in [0, 0.05) is 20.0 Å². The Hall–Kier alpha value is -0.110. The molecule has 7 heteroatoms. The number of nitrogens with one attached hydrogen (secondary N) is 2. The van der Waals surface area contributed by atoms with Gasteiger partial charge in [0.2, 0.25) is 0 Å². The monoisotopic (exact) mass is 440 g/mol. The van der Waals surface area contributed by atoms with Crippen LogP contribution in [0.1, 0.15) is 6.42 Å². The van der Waals surface area contributed by atoms with Gasteiger partial charge in [0.05, 0.1) is 18.3 Å². The van der Waals surface area contributed by atoms with Gasteiger partial charge < -0.3 is 15.4 Å². The fraction of sp³-hybridized carbons (Fsp3) is 0.364. The van der Waals surface area contributed by atoms with Gasteiger partial charge in [-0.3, -0.25) is 0 Å². The summed E-state index contributed by atoms with van der Waals surface area (Å²) in [6.45, 7) is 1.28. The third-order valence-corrected chi connectivity index (χ3v) is 4.22. The highest BCUT2D eigenvalue weighted by atomic mass is 79.9. The smallest absolute Gasteiger partial charge is 0.319 e. The molecule has 4 nitrogen and oxygen atoms in total. The molecule has 1 aliphatic rings. The number of anilines is 1. The van der Waals surface area contributed by atoms with Crippen molar-refractivity contribution in [1.29, 1.82) is 0 Å². The number of hydrogen-bond donors (Lipinski definition) is 2. The minimum Gasteiger partial charge on any atom is -0.379 e. The molecular weight excluding hydrogens is 432 g/mol. The Morgan fingerprint density at radius 2 is 1.94 bits per heavy atom. The molecule has 1 heterocycles. The topological polar surface area (TPSA) is 50.4 Å². The first-order valence-corrected chi connectivity index (χ1v) is 7.74. The van der Waals surface area contributed by atoms with Crippen LogP contribution in [0.5, 0.6) is 0 Å². The molecule has 0 aromatic heterocycles. The van der Waals surface area contributed by atoms with Gasteiger partial charge in [0.1, 0.15) is 0 Å². The summed E-state index contributed by atoms with van der Waals surface area (Å²) in [4.78, 5) is 11.8. The summed E-state index contributed by atoms with van der Waals surface area (Å²) in [6.07, 6.45) is 0.857. The van der Waals surface area contributed by atoms with Crippen LogP contribution < -0.4 is 10.6 Å². The van der Waals surface area contributed by atoms with Gasteiger partial charge in [0.25, 0.3) is 0 Å². The van der Waals surface area contributed by atoms with Gasteiger partial charge in [-0.1, -0.05) is 15.9 Å². The van der Waals surface area contributed by atoms with Crippen molar-refractivity contribution in [2.45, 2.75) is 12.5 Å². The quantitative estimate of drug-likeness (QED) is 0.730. The molecule has 1 atom stereocenters. The van der Waals surface area contributed by atoms with Gasteiger partial charge in [-0.05, 0) is 50.4 Å². The lowest BCUT2D eigenvalue weighted by atomic mass is 10.3. The Bertz CT molecular complexity index is 439. The first-order valence-electron chi connectivity index (χ1n) is 5.36. The van der Waals surface area contributed by atoms with Crippen molar-refractivity contribution in [3.05, 3.63) is 25.6 Å². The normalized spacial score (nSPS) is 18.7. The van der Waals surface area contributed by atoms with E-state index in [1.807, 2.05) is 12.1 Å². The molecule has 0 bridgehead atoms. The largest absolute Gasteiger partial charge is 0.379 e. The highest BCUT2D eigenvalue weighted by Gasteiger charge is 2.18. The van der Waals surface area contributed by atoms with E-state index in [0.717, 1.165) is 19.8 Å². The Balaban J connectivity index is 2.02. The second kappa shape index (κ2) is 6.36. The maximum absolute atomic E-state index is 11.8. The molecule has 1 aromatic carbocycles. The van der Waals surface area contributed by atoms with Crippen molar-refractivity contribution in [2.24, 2.45) is 0 Å². The van der Waals surface area contributed by atoms with Crippen LogP contribution in [-0.2, 0) is 4.74 Å². The van der Waals surface area contributed by atoms with Crippen LogP contribution in [0.4, 0.5) is 10.5 Å². The molecule has 98 valence electrons. The fourth-order valence-electron chi connectivity index (χ4n) is 1.64. The van der Waals surface area contributed by atoms with E-state index in [2.05, 4.69) is 58.4 Å². The molecule has 18 heavy (non-hydrogen) atoms. The molecular formula is C11H11Br3N2O2. The molecule has 1 aromatic rings. The first kappa shape index (κ1) is 14.3. The number of ether oxygens (including phenoxy) is 1. The zero-order chi connectivity index (χ0) is 13.1. The molecule has 2 N–H and O–H groups in total. The van der Waals surface area contributed by atoms with Crippen LogP contribution in [0.15, 0.2) is 25.6 Å². The number of carbonyl (C=O) groups excluding carboxylic acids is 1. The van der Waals surface area contributed by atoms with Crippen molar-refractivity contribution >= 4 is 59.5 Å². The lowest BCUT2D eigenvalue weighted by Gasteiger charge is -2.14. The lowest BCUT2D eigenvalue weighted by molar-refractivity contribution is 0.189. The van der Waals surface area contributed by atoms with Crippen molar-refractivity contribution in [1.82, 2.24) is 5.32 Å². The standard InChI is InChI=1S/C11H11Br3N2O2/c12-6-3-8(13)10(9(14)4-6)16-11(17)15-7-1-2-18-5-7/h3-4,7H,1-2,5H2,(H2,15,16,17). The van der Waals surface area contributed by atoms with Gasteiger partial charge in [-0.25, -0.2) is 4.79 Å². The Kier molecular flexibility index (Phi) is 5.06. The van der Waals surface area contributed by atoms with Gasteiger partial charge >= 0.3 is 6.03 Å². The minimum atomic E-state index is -0.228. The zero-order valence-corrected chi connectivity index (χ0v) is 14.1. The molecule has 1 unspecified atom stereocenters. The Morgan fingerprint density at radius 3 is 2.50 bits per heavy atom. The van der Waals surface area contributed by atoms with E-state index in [4.69, 9.17) is 4.74 Å². The SMILES string of the molecule is O=C(Nc1c(Br)cc(Br)cc1Br)NC1CCOC1. The molecule has 0 saturated carbocycles. The molecule has 0 spiro atoms. The summed E-state index contributed by atoms with van der Waals surface area (Å²) in [5.41, 5.74) is 0.703. The predicted molar refractivity (Wildman–Crippen MR) is 80.9 cm³/mol. The first-order chi connectivity index (χ1) is 8.56. The second-order valence-corrected chi connectivity index (χ2v) is 6.53. The number of urea groups is 1. The van der Waals surface area contributed by atoms with E-state index in [9.17, 15) is 4.79 Å². The number of benzene rings is 1. The van der Waals surface area contributed by atoms with Gasteiger partial charge in [0.15, 0.2) is 0 Å². The number of rotatable bonds is 2. The maximum Gasteiger partial charge on any atom is 0.319 e. The third-order valence-electron chi connectivity index (χ3n) is 2.51. The lowest BCUT2D eigenvalue weighted by Crippen LogP contribution is -2.38. The van der Waals surface area contributed by atoms with E-state index in [-0.39, 0.29) is 12.1 Å². The zero-order valence-electron chi connectivity index (χ0n) is 9.30. The number of hydrogen-bond acceptors (Lipinski definition) is 2. The summed E-state index contributed by atoms with van der Waals surface area (Å²) in [6, 6.07) is 3.62. The number of halogens is 3. The number of amides is 2. The van der Waals surface area contributed by atoms with Crippen LogP contribution in [0.3, 0.4) is 0 Å². The van der Waals surface area contributed by atoms with Crippen LogP contribution in [-0.4, -0.2) is 25.3 Å². The van der Waals surface area contributed by atoms with E-state index < -0.39 is 0 Å². The predicted octanol–water partition coefficient (Wildman–Crippen LogP) is 3.88. The van der Waals surface area contributed by atoms with E-state index in [0.29, 0.717) is 18.9 Å². The second-order valence-electron chi connectivity index (χ2n) is 3.90. The number of carbonyl (C=O) groups is 1. The average Bonchev–Trinajstić information content (AvgIpc) is 2.76. The highest BCUT2D eigenvalue weighted by Crippen LogP contribution is 2.34. The van der Waals surface area contributed by atoms with Crippen molar-refractivity contribution in [3.8, 4) is 0 Å². The Labute approximate surface area is 130 Å². The summed E-state index contributed by atoms with van der Waals surface area (Å²) in [5.74, 6) is 0. The molecule has 2 amide bonds. The molecule has 1 saturated heterocycles. The summed E-state index contributed by atoms with van der Waals surface area (Å²) in [7, 11) is 0. The minimum absolute atomic E-state index is 0.0954. The molecule has 2 rings (SSSR count). The fourth-order valence-corrected chi connectivity index (χ4v) is 4.10. The average molecular weight is 443 g/mol. The maximum atomic E-state index is 11.8.